The van der Waals surface area contributed by atoms with Crippen molar-refractivity contribution in [3.05, 3.63) is 16.1 Å². The van der Waals surface area contributed by atoms with Gasteiger partial charge in [-0.25, -0.2) is 4.98 Å². The van der Waals surface area contributed by atoms with Gasteiger partial charge in [0.2, 0.25) is 0 Å². The Hall–Kier alpha value is -0.490. The Kier molecular flexibility index (Phi) is 5.52. The van der Waals surface area contributed by atoms with Crippen LogP contribution in [0.15, 0.2) is 5.38 Å². The average molecular weight is 258 g/mol. The summed E-state index contributed by atoms with van der Waals surface area (Å²) in [6, 6.07) is 0. The molecule has 0 atom stereocenters. The predicted octanol–water partition coefficient (Wildman–Crippen LogP) is 1.23. The predicted molar refractivity (Wildman–Crippen MR) is 70.3 cm³/mol. The summed E-state index contributed by atoms with van der Waals surface area (Å²) in [5.74, 6) is 0. The summed E-state index contributed by atoms with van der Waals surface area (Å²) in [5.41, 5.74) is 1.10. The fraction of sp³-hybridized carbons (Fsp3) is 0.750. The molecule has 0 aliphatic carbocycles. The highest BCUT2D eigenvalue weighted by Crippen LogP contribution is 2.25. The van der Waals surface area contributed by atoms with Crippen molar-refractivity contribution in [1.82, 2.24) is 9.88 Å². The molecule has 17 heavy (non-hydrogen) atoms. The highest BCUT2D eigenvalue weighted by Gasteiger charge is 2.18. The molecule has 0 saturated carbocycles. The van der Waals surface area contributed by atoms with Crippen LogP contribution in [0.3, 0.4) is 0 Å². The van der Waals surface area contributed by atoms with Gasteiger partial charge in [0.25, 0.3) is 0 Å². The van der Waals surface area contributed by atoms with Gasteiger partial charge >= 0.3 is 0 Å². The Morgan fingerprint density at radius 1 is 1.24 bits per heavy atom. The maximum atomic E-state index is 8.93. The number of thiazole rings is 1. The smallest absolute Gasteiger partial charge is 0.0982 e. The van der Waals surface area contributed by atoms with Gasteiger partial charge in [-0.2, -0.15) is 0 Å². The topological polar surface area (TPSA) is 56.6 Å². The summed E-state index contributed by atoms with van der Waals surface area (Å²) in [5, 5.41) is 21.1. The molecule has 2 N–H and O–H groups in total. The van der Waals surface area contributed by atoms with Crippen molar-refractivity contribution in [1.29, 1.82) is 0 Å². The molecule has 0 fully saturated rings. The molecule has 98 valence electrons. The number of nitrogens with zero attached hydrogens (tertiary/aromatic N) is 2. The monoisotopic (exact) mass is 258 g/mol. The molecule has 4 nitrogen and oxygen atoms in total. The largest absolute Gasteiger partial charge is 0.395 e. The molecular weight excluding hydrogens is 236 g/mol. The van der Waals surface area contributed by atoms with E-state index < -0.39 is 0 Å². The van der Waals surface area contributed by atoms with E-state index >= 15 is 0 Å². The lowest BCUT2D eigenvalue weighted by molar-refractivity contribution is 0.155. The van der Waals surface area contributed by atoms with Crippen LogP contribution in [0.2, 0.25) is 0 Å². The van der Waals surface area contributed by atoms with Gasteiger partial charge in [-0.3, -0.25) is 4.90 Å². The fourth-order valence-electron chi connectivity index (χ4n) is 1.51. The molecule has 0 bridgehead atoms. The molecule has 1 heterocycles. The van der Waals surface area contributed by atoms with Gasteiger partial charge in [-0.05, 0) is 0 Å². The van der Waals surface area contributed by atoms with Gasteiger partial charge in [0, 0.05) is 30.4 Å². The molecule has 0 radical (unpaired) electrons. The van der Waals surface area contributed by atoms with Crippen molar-refractivity contribution in [2.75, 3.05) is 26.3 Å². The highest BCUT2D eigenvalue weighted by atomic mass is 32.1. The van der Waals surface area contributed by atoms with E-state index in [-0.39, 0.29) is 18.6 Å². The molecular formula is C12H22N2O2S. The van der Waals surface area contributed by atoms with Crippen molar-refractivity contribution in [2.45, 2.75) is 32.7 Å². The van der Waals surface area contributed by atoms with Gasteiger partial charge < -0.3 is 10.2 Å². The zero-order valence-electron chi connectivity index (χ0n) is 10.8. The third kappa shape index (κ3) is 4.71. The standard InChI is InChI=1S/C12H22N2O2S/c1-12(2,3)11-13-10(9-17-11)8-14(4-6-15)5-7-16/h9,15-16H,4-8H2,1-3H3. The fourth-order valence-corrected chi connectivity index (χ4v) is 2.40. The second kappa shape index (κ2) is 6.44. The number of aliphatic hydroxyl groups excluding tert-OH is 2. The van der Waals surface area contributed by atoms with Crippen molar-refractivity contribution in [2.24, 2.45) is 0 Å². The van der Waals surface area contributed by atoms with Crippen LogP contribution in [0.5, 0.6) is 0 Å². The van der Waals surface area contributed by atoms with Crippen LogP contribution in [0.1, 0.15) is 31.5 Å². The van der Waals surface area contributed by atoms with E-state index in [9.17, 15) is 0 Å². The van der Waals surface area contributed by atoms with Gasteiger partial charge in [0.05, 0.1) is 23.9 Å². The first-order valence-electron chi connectivity index (χ1n) is 5.86. The zero-order chi connectivity index (χ0) is 12.9. The first-order valence-corrected chi connectivity index (χ1v) is 6.74. The number of aliphatic hydroxyl groups is 2. The van der Waals surface area contributed by atoms with E-state index in [0.29, 0.717) is 19.6 Å². The second-order valence-electron chi connectivity index (χ2n) is 5.12. The summed E-state index contributed by atoms with van der Waals surface area (Å²) >= 11 is 1.67. The van der Waals surface area contributed by atoms with E-state index in [1.807, 2.05) is 4.90 Å². The number of rotatable bonds is 6. The van der Waals surface area contributed by atoms with E-state index in [1.165, 1.54) is 0 Å². The number of hydrogen-bond acceptors (Lipinski definition) is 5. The van der Waals surface area contributed by atoms with Crippen molar-refractivity contribution in [3.8, 4) is 0 Å². The molecule has 0 saturated heterocycles. The molecule has 0 aliphatic heterocycles. The van der Waals surface area contributed by atoms with Gasteiger partial charge in [-0.15, -0.1) is 11.3 Å². The first-order chi connectivity index (χ1) is 7.97. The number of aromatic nitrogens is 1. The molecule has 5 heteroatoms. The maximum Gasteiger partial charge on any atom is 0.0982 e. The lowest BCUT2D eigenvalue weighted by Crippen LogP contribution is -2.29. The van der Waals surface area contributed by atoms with Gasteiger partial charge in [0.1, 0.15) is 0 Å². The third-order valence-electron chi connectivity index (χ3n) is 2.41. The average Bonchev–Trinajstić information content (AvgIpc) is 2.66. The van der Waals surface area contributed by atoms with E-state index in [4.69, 9.17) is 10.2 Å². The quantitative estimate of drug-likeness (QED) is 0.806. The summed E-state index contributed by atoms with van der Waals surface area (Å²) in [6.45, 7) is 8.49. The van der Waals surface area contributed by atoms with Crippen LogP contribution < -0.4 is 0 Å². The summed E-state index contributed by atoms with van der Waals surface area (Å²) in [4.78, 5) is 6.60. The van der Waals surface area contributed by atoms with Crippen LogP contribution in [-0.4, -0.2) is 46.4 Å². The SMILES string of the molecule is CC(C)(C)c1nc(CN(CCO)CCO)cs1. The Morgan fingerprint density at radius 2 is 1.82 bits per heavy atom. The Balaban J connectivity index is 2.63. The van der Waals surface area contributed by atoms with Crippen molar-refractivity contribution >= 4 is 11.3 Å². The first kappa shape index (κ1) is 14.6. The molecule has 1 rings (SSSR count). The number of hydrogen-bond donors (Lipinski definition) is 2. The van der Waals surface area contributed by atoms with Crippen molar-refractivity contribution in [3.63, 3.8) is 0 Å². The molecule has 1 aromatic rings. The Bertz CT molecular complexity index is 327. The summed E-state index contributed by atoms with van der Waals surface area (Å²) < 4.78 is 0. The van der Waals surface area contributed by atoms with E-state index in [1.54, 1.807) is 11.3 Å². The minimum atomic E-state index is 0.0850. The molecule has 1 aromatic heterocycles. The molecule has 0 aromatic carbocycles. The molecule has 0 aliphatic rings. The zero-order valence-corrected chi connectivity index (χ0v) is 11.6. The van der Waals surface area contributed by atoms with Crippen LogP contribution in [0.4, 0.5) is 0 Å². The van der Waals surface area contributed by atoms with Crippen LogP contribution in [0.25, 0.3) is 0 Å². The summed E-state index contributed by atoms with van der Waals surface area (Å²) in [7, 11) is 0. The normalized spacial score (nSPS) is 12.4. The Labute approximate surface area is 107 Å². The second-order valence-corrected chi connectivity index (χ2v) is 5.98. The summed E-state index contributed by atoms with van der Waals surface area (Å²) in [6.07, 6.45) is 0. The van der Waals surface area contributed by atoms with Crippen LogP contribution in [-0.2, 0) is 12.0 Å². The minimum absolute atomic E-state index is 0.0850. The lowest BCUT2D eigenvalue weighted by atomic mass is 9.98. The molecule has 0 amide bonds. The lowest BCUT2D eigenvalue weighted by Gasteiger charge is -2.19. The maximum absolute atomic E-state index is 8.93. The van der Waals surface area contributed by atoms with E-state index in [2.05, 4.69) is 31.1 Å². The Morgan fingerprint density at radius 3 is 2.24 bits per heavy atom. The highest BCUT2D eigenvalue weighted by molar-refractivity contribution is 7.09. The van der Waals surface area contributed by atoms with Crippen molar-refractivity contribution < 1.29 is 10.2 Å². The van der Waals surface area contributed by atoms with Crippen LogP contribution in [0, 0.1) is 0 Å². The van der Waals surface area contributed by atoms with Gasteiger partial charge in [-0.1, -0.05) is 20.8 Å². The minimum Gasteiger partial charge on any atom is -0.395 e. The molecule has 0 unspecified atom stereocenters. The third-order valence-corrected chi connectivity index (χ3v) is 3.73. The van der Waals surface area contributed by atoms with Crippen LogP contribution >= 0.6 is 11.3 Å². The molecule has 0 spiro atoms. The van der Waals surface area contributed by atoms with Gasteiger partial charge in [0.15, 0.2) is 0 Å². The van der Waals surface area contributed by atoms with E-state index in [0.717, 1.165) is 10.7 Å².